The van der Waals surface area contributed by atoms with E-state index in [0.29, 0.717) is 5.02 Å². The molecule has 0 saturated carbocycles. The molecule has 1 aromatic heterocycles. The molecule has 0 aliphatic carbocycles. The molecule has 1 radical (unpaired) electrons. The Hall–Kier alpha value is -0.600. The first-order chi connectivity index (χ1) is 5.77. The van der Waals surface area contributed by atoms with Crippen LogP contribution in [-0.2, 0) is 0 Å². The summed E-state index contributed by atoms with van der Waals surface area (Å²) in [7, 11) is 0. The summed E-state index contributed by atoms with van der Waals surface area (Å²) in [5, 5.41) is 1.64. The maximum atomic E-state index is 5.90. The van der Waals surface area contributed by atoms with Gasteiger partial charge in [-0.2, -0.15) is 0 Å². The molecule has 0 spiro atoms. The molecule has 2 rings (SSSR count). The SMILES string of the molecule is Clc1c[c]cc2cc(Br)cnc12. The summed E-state index contributed by atoms with van der Waals surface area (Å²) < 4.78 is 0.950. The van der Waals surface area contributed by atoms with E-state index in [1.807, 2.05) is 12.1 Å². The second-order valence-electron chi connectivity index (χ2n) is 2.39. The molecule has 0 atom stereocenters. The molecule has 12 heavy (non-hydrogen) atoms. The van der Waals surface area contributed by atoms with E-state index >= 15 is 0 Å². The van der Waals surface area contributed by atoms with Crippen molar-refractivity contribution in [2.24, 2.45) is 0 Å². The topological polar surface area (TPSA) is 12.9 Å². The van der Waals surface area contributed by atoms with E-state index < -0.39 is 0 Å². The van der Waals surface area contributed by atoms with Gasteiger partial charge in [-0.25, -0.2) is 0 Å². The van der Waals surface area contributed by atoms with E-state index in [0.717, 1.165) is 15.4 Å². The van der Waals surface area contributed by atoms with Crippen LogP contribution >= 0.6 is 27.5 Å². The molecule has 3 heteroatoms. The molecule has 0 bridgehead atoms. The Morgan fingerprint density at radius 3 is 3.08 bits per heavy atom. The van der Waals surface area contributed by atoms with Gasteiger partial charge in [-0.1, -0.05) is 11.6 Å². The van der Waals surface area contributed by atoms with Crippen LogP contribution in [0.4, 0.5) is 0 Å². The Morgan fingerprint density at radius 2 is 2.25 bits per heavy atom. The van der Waals surface area contributed by atoms with Gasteiger partial charge in [0.2, 0.25) is 0 Å². The molecule has 0 amide bonds. The fourth-order valence-corrected chi connectivity index (χ4v) is 1.61. The minimum absolute atomic E-state index is 0.639. The normalized spacial score (nSPS) is 10.5. The quantitative estimate of drug-likeness (QED) is 0.688. The molecule has 0 N–H and O–H groups in total. The molecule has 2 aromatic rings. The highest BCUT2D eigenvalue weighted by Gasteiger charge is 1.99. The zero-order chi connectivity index (χ0) is 8.55. The lowest BCUT2D eigenvalue weighted by molar-refractivity contribution is 1.39. The molecule has 59 valence electrons. The largest absolute Gasteiger partial charge is 0.254 e. The van der Waals surface area contributed by atoms with Crippen molar-refractivity contribution in [3.63, 3.8) is 0 Å². The third-order valence-corrected chi connectivity index (χ3v) is 2.28. The van der Waals surface area contributed by atoms with Crippen molar-refractivity contribution in [3.05, 3.63) is 40.0 Å². The smallest absolute Gasteiger partial charge is 0.0889 e. The van der Waals surface area contributed by atoms with E-state index in [9.17, 15) is 0 Å². The summed E-state index contributed by atoms with van der Waals surface area (Å²) in [4.78, 5) is 4.18. The van der Waals surface area contributed by atoms with Gasteiger partial charge in [-0.15, -0.1) is 0 Å². The lowest BCUT2D eigenvalue weighted by Crippen LogP contribution is -1.79. The second kappa shape index (κ2) is 3.04. The minimum atomic E-state index is 0.639. The van der Waals surface area contributed by atoms with Gasteiger partial charge in [0, 0.05) is 16.1 Å². The molecule has 0 saturated heterocycles. The van der Waals surface area contributed by atoms with E-state index in [1.54, 1.807) is 12.3 Å². The van der Waals surface area contributed by atoms with Crippen molar-refractivity contribution in [2.45, 2.75) is 0 Å². The van der Waals surface area contributed by atoms with Crippen LogP contribution in [0.1, 0.15) is 0 Å². The summed E-state index contributed by atoms with van der Waals surface area (Å²) >= 11 is 9.24. The first-order valence-corrected chi connectivity index (χ1v) is 4.55. The first kappa shape index (κ1) is 8.02. The van der Waals surface area contributed by atoms with Crippen molar-refractivity contribution in [3.8, 4) is 0 Å². The predicted octanol–water partition coefficient (Wildman–Crippen LogP) is 3.45. The van der Waals surface area contributed by atoms with Crippen molar-refractivity contribution in [2.75, 3.05) is 0 Å². The van der Waals surface area contributed by atoms with E-state index in [4.69, 9.17) is 11.6 Å². The van der Waals surface area contributed by atoms with Crippen molar-refractivity contribution in [1.82, 2.24) is 4.98 Å². The second-order valence-corrected chi connectivity index (χ2v) is 3.72. The number of hydrogen-bond acceptors (Lipinski definition) is 1. The number of halogens is 2. The monoisotopic (exact) mass is 240 g/mol. The molecule has 0 aliphatic heterocycles. The van der Waals surface area contributed by atoms with Gasteiger partial charge >= 0.3 is 0 Å². The van der Waals surface area contributed by atoms with Gasteiger partial charge in [-0.05, 0) is 40.2 Å². The molecule has 1 aromatic carbocycles. The fourth-order valence-electron chi connectivity index (χ4n) is 1.04. The lowest BCUT2D eigenvalue weighted by atomic mass is 10.2. The third-order valence-electron chi connectivity index (χ3n) is 1.56. The summed E-state index contributed by atoms with van der Waals surface area (Å²) in [6.45, 7) is 0. The number of benzene rings is 1. The molecule has 0 unspecified atom stereocenters. The summed E-state index contributed by atoms with van der Waals surface area (Å²) in [5.41, 5.74) is 0.818. The fraction of sp³-hybridized carbons (Fsp3) is 0. The maximum Gasteiger partial charge on any atom is 0.0889 e. The molecule has 0 aliphatic rings. The maximum absolute atomic E-state index is 5.90. The molecular weight excluding hydrogens is 237 g/mol. The van der Waals surface area contributed by atoms with Crippen molar-refractivity contribution in [1.29, 1.82) is 0 Å². The van der Waals surface area contributed by atoms with E-state index in [-0.39, 0.29) is 0 Å². The van der Waals surface area contributed by atoms with Crippen LogP contribution in [-0.4, -0.2) is 4.98 Å². The van der Waals surface area contributed by atoms with Crippen LogP contribution in [0.5, 0.6) is 0 Å². The first-order valence-electron chi connectivity index (χ1n) is 3.38. The van der Waals surface area contributed by atoms with Crippen molar-refractivity contribution >= 4 is 38.4 Å². The van der Waals surface area contributed by atoms with Crippen molar-refractivity contribution < 1.29 is 0 Å². The molecule has 1 heterocycles. The number of fused-ring (bicyclic) bond motifs is 1. The highest BCUT2D eigenvalue weighted by molar-refractivity contribution is 9.10. The third kappa shape index (κ3) is 1.32. The highest BCUT2D eigenvalue weighted by atomic mass is 79.9. The predicted molar refractivity (Wildman–Crippen MR) is 53.3 cm³/mol. The molecule has 1 nitrogen and oxygen atoms in total. The minimum Gasteiger partial charge on any atom is -0.254 e. The van der Waals surface area contributed by atoms with Gasteiger partial charge in [0.05, 0.1) is 10.5 Å². The average Bonchev–Trinajstić information content (AvgIpc) is 2.04. The Balaban J connectivity index is 2.86. The van der Waals surface area contributed by atoms with E-state index in [1.165, 1.54) is 0 Å². The Morgan fingerprint density at radius 1 is 1.42 bits per heavy atom. The van der Waals surface area contributed by atoms with Gasteiger partial charge in [0.25, 0.3) is 0 Å². The zero-order valence-electron chi connectivity index (χ0n) is 6.01. The van der Waals surface area contributed by atoms with Gasteiger partial charge in [0.15, 0.2) is 0 Å². The summed E-state index contributed by atoms with van der Waals surface area (Å²) in [5.74, 6) is 0. The molecular formula is C9H4BrClN. The summed E-state index contributed by atoms with van der Waals surface area (Å²) in [6.07, 6.45) is 1.73. The lowest BCUT2D eigenvalue weighted by Gasteiger charge is -1.98. The number of aromatic nitrogens is 1. The van der Waals surface area contributed by atoms with Crippen LogP contribution in [0.3, 0.4) is 0 Å². The van der Waals surface area contributed by atoms with Crippen LogP contribution in [0, 0.1) is 6.07 Å². The number of pyridine rings is 1. The van der Waals surface area contributed by atoms with Gasteiger partial charge < -0.3 is 0 Å². The van der Waals surface area contributed by atoms with Crippen LogP contribution in [0.2, 0.25) is 5.02 Å². The molecule has 0 fully saturated rings. The number of nitrogens with zero attached hydrogens (tertiary/aromatic N) is 1. The van der Waals surface area contributed by atoms with Gasteiger partial charge in [-0.3, -0.25) is 4.98 Å². The highest BCUT2D eigenvalue weighted by Crippen LogP contribution is 2.22. The zero-order valence-corrected chi connectivity index (χ0v) is 8.35. The number of hydrogen-bond donors (Lipinski definition) is 0. The Kier molecular flexibility index (Phi) is 2.03. The van der Waals surface area contributed by atoms with Gasteiger partial charge in [0.1, 0.15) is 0 Å². The summed E-state index contributed by atoms with van der Waals surface area (Å²) in [6, 6.07) is 8.47. The van der Waals surface area contributed by atoms with Crippen LogP contribution < -0.4 is 0 Å². The standard InChI is InChI=1S/C9H4BrClN/c10-7-4-6-2-1-3-8(11)9(6)12-5-7/h2-5H. The van der Waals surface area contributed by atoms with E-state index in [2.05, 4.69) is 27.0 Å². The average molecular weight is 241 g/mol. The Labute approximate surface area is 83.5 Å². The Bertz CT molecular complexity index is 428. The van der Waals surface area contributed by atoms with Crippen LogP contribution in [0.15, 0.2) is 28.9 Å². The number of rotatable bonds is 0. The van der Waals surface area contributed by atoms with Crippen LogP contribution in [0.25, 0.3) is 10.9 Å².